The number of benzene rings is 1. The summed E-state index contributed by atoms with van der Waals surface area (Å²) < 4.78 is 0. The van der Waals surface area contributed by atoms with Gasteiger partial charge in [-0.3, -0.25) is 4.79 Å². The van der Waals surface area contributed by atoms with Gasteiger partial charge in [-0.1, -0.05) is 30.0 Å². The van der Waals surface area contributed by atoms with Crippen LogP contribution in [0.4, 0.5) is 0 Å². The van der Waals surface area contributed by atoms with Gasteiger partial charge in [0, 0.05) is 29.3 Å². The van der Waals surface area contributed by atoms with Gasteiger partial charge in [0.2, 0.25) is 5.91 Å². The van der Waals surface area contributed by atoms with Gasteiger partial charge in [-0.05, 0) is 49.9 Å². The Morgan fingerprint density at radius 2 is 2.04 bits per heavy atom. The van der Waals surface area contributed by atoms with E-state index in [0.717, 1.165) is 28.8 Å². The van der Waals surface area contributed by atoms with Crippen LogP contribution >= 0.6 is 11.8 Å². The molecule has 2 heterocycles. The van der Waals surface area contributed by atoms with E-state index < -0.39 is 0 Å². The molecule has 0 aliphatic rings. The highest BCUT2D eigenvalue weighted by atomic mass is 32.2. The van der Waals surface area contributed by atoms with Gasteiger partial charge in [0.1, 0.15) is 11.1 Å². The molecule has 0 saturated carbocycles. The first-order valence-electron chi connectivity index (χ1n) is 8.83. The number of hydrogen-bond donors (Lipinski definition) is 2. The molecule has 0 aliphatic carbocycles. The molecule has 0 atom stereocenters. The summed E-state index contributed by atoms with van der Waals surface area (Å²) >= 11 is 1.32. The van der Waals surface area contributed by atoms with Crippen LogP contribution in [0.1, 0.15) is 27.9 Å². The van der Waals surface area contributed by atoms with Gasteiger partial charge in [-0.25, -0.2) is 4.98 Å². The molecule has 27 heavy (non-hydrogen) atoms. The Labute approximate surface area is 163 Å². The van der Waals surface area contributed by atoms with Gasteiger partial charge in [-0.2, -0.15) is 5.26 Å². The second-order valence-corrected chi connectivity index (χ2v) is 7.45. The van der Waals surface area contributed by atoms with Gasteiger partial charge in [0.05, 0.1) is 11.3 Å². The normalized spacial score (nSPS) is 10.7. The van der Waals surface area contributed by atoms with Gasteiger partial charge in [-0.15, -0.1) is 0 Å². The highest BCUT2D eigenvalue weighted by Gasteiger charge is 2.14. The van der Waals surface area contributed by atoms with Crippen molar-refractivity contribution in [3.8, 4) is 6.07 Å². The summed E-state index contributed by atoms with van der Waals surface area (Å²) in [5.74, 6) is 0.193. The summed E-state index contributed by atoms with van der Waals surface area (Å²) in [4.78, 5) is 19.9. The lowest BCUT2D eigenvalue weighted by atomic mass is 10.1. The minimum atomic E-state index is -0.0542. The van der Waals surface area contributed by atoms with Crippen LogP contribution in [-0.2, 0) is 11.2 Å². The molecular weight excluding hydrogens is 356 g/mol. The van der Waals surface area contributed by atoms with Crippen molar-refractivity contribution < 1.29 is 4.79 Å². The summed E-state index contributed by atoms with van der Waals surface area (Å²) in [6.07, 6.45) is 2.76. The van der Waals surface area contributed by atoms with Crippen LogP contribution in [0, 0.1) is 32.1 Å². The van der Waals surface area contributed by atoms with E-state index in [1.807, 2.05) is 45.2 Å². The summed E-state index contributed by atoms with van der Waals surface area (Å²) in [6.45, 7) is 6.39. The number of aromatic amines is 1. The maximum Gasteiger partial charge on any atom is 0.230 e. The van der Waals surface area contributed by atoms with E-state index >= 15 is 0 Å². The third kappa shape index (κ3) is 4.15. The Kier molecular flexibility index (Phi) is 5.82. The maximum atomic E-state index is 12.2. The number of nitrogens with zero attached hydrogens (tertiary/aromatic N) is 2. The maximum absolute atomic E-state index is 12.2. The van der Waals surface area contributed by atoms with E-state index in [4.69, 9.17) is 0 Å². The predicted octanol–water partition coefficient (Wildman–Crippen LogP) is 3.81. The molecule has 2 N–H and O–H groups in total. The number of pyridine rings is 1. The van der Waals surface area contributed by atoms with Crippen molar-refractivity contribution in [1.29, 1.82) is 5.26 Å². The number of nitriles is 1. The fraction of sp³-hybridized carbons (Fsp3) is 0.286. The average molecular weight is 379 g/mol. The number of hydrogen-bond acceptors (Lipinski definition) is 4. The van der Waals surface area contributed by atoms with E-state index in [2.05, 4.69) is 27.4 Å². The first kappa shape index (κ1) is 19.0. The first-order chi connectivity index (χ1) is 13.0. The Morgan fingerprint density at radius 3 is 2.81 bits per heavy atom. The molecule has 138 valence electrons. The number of aromatic nitrogens is 2. The van der Waals surface area contributed by atoms with Crippen molar-refractivity contribution in [3.05, 3.63) is 58.4 Å². The number of fused-ring (bicyclic) bond motifs is 1. The van der Waals surface area contributed by atoms with Crippen LogP contribution in [0.15, 0.2) is 35.5 Å². The molecule has 0 bridgehead atoms. The Bertz CT molecular complexity index is 1030. The highest BCUT2D eigenvalue weighted by molar-refractivity contribution is 8.00. The fourth-order valence-electron chi connectivity index (χ4n) is 3.01. The SMILES string of the molecule is Cc1nc(SCC(=O)NCCc2c[nH]c3ccccc23)c(C#N)c(C)c1C. The van der Waals surface area contributed by atoms with Gasteiger partial charge >= 0.3 is 0 Å². The van der Waals surface area contributed by atoms with Gasteiger partial charge in [0.25, 0.3) is 0 Å². The zero-order chi connectivity index (χ0) is 19.4. The van der Waals surface area contributed by atoms with E-state index in [1.165, 1.54) is 22.7 Å². The van der Waals surface area contributed by atoms with Crippen LogP contribution in [0.3, 0.4) is 0 Å². The van der Waals surface area contributed by atoms with E-state index in [-0.39, 0.29) is 11.7 Å². The van der Waals surface area contributed by atoms with Crippen molar-refractivity contribution in [3.63, 3.8) is 0 Å². The lowest BCUT2D eigenvalue weighted by Crippen LogP contribution is -2.27. The topological polar surface area (TPSA) is 81.6 Å². The number of amides is 1. The summed E-state index contributed by atoms with van der Waals surface area (Å²) in [5, 5.41) is 14.2. The largest absolute Gasteiger partial charge is 0.361 e. The number of carbonyl (C=O) groups is 1. The van der Waals surface area contributed by atoms with Crippen molar-refractivity contribution in [2.24, 2.45) is 0 Å². The van der Waals surface area contributed by atoms with Crippen molar-refractivity contribution in [2.45, 2.75) is 32.2 Å². The summed E-state index contributed by atoms with van der Waals surface area (Å²) in [5.41, 5.74) is 5.72. The first-order valence-corrected chi connectivity index (χ1v) is 9.82. The second kappa shape index (κ2) is 8.28. The molecule has 0 fully saturated rings. The van der Waals surface area contributed by atoms with Crippen molar-refractivity contribution in [2.75, 3.05) is 12.3 Å². The van der Waals surface area contributed by atoms with E-state index in [1.54, 1.807) is 0 Å². The number of aryl methyl sites for hydroxylation is 1. The van der Waals surface area contributed by atoms with E-state index in [0.29, 0.717) is 17.1 Å². The lowest BCUT2D eigenvalue weighted by molar-refractivity contribution is -0.118. The van der Waals surface area contributed by atoms with Crippen LogP contribution in [-0.4, -0.2) is 28.2 Å². The molecule has 5 nitrogen and oxygen atoms in total. The third-order valence-corrected chi connectivity index (χ3v) is 5.78. The van der Waals surface area contributed by atoms with E-state index in [9.17, 15) is 10.1 Å². The predicted molar refractivity (Wildman–Crippen MR) is 109 cm³/mol. The number of para-hydroxylation sites is 1. The number of carbonyl (C=O) groups excluding carboxylic acids is 1. The van der Waals surface area contributed by atoms with Crippen LogP contribution < -0.4 is 5.32 Å². The Morgan fingerprint density at radius 1 is 1.26 bits per heavy atom. The second-order valence-electron chi connectivity index (χ2n) is 6.49. The number of thioether (sulfide) groups is 1. The minimum Gasteiger partial charge on any atom is -0.361 e. The molecule has 3 aromatic rings. The minimum absolute atomic E-state index is 0.0542. The zero-order valence-corrected chi connectivity index (χ0v) is 16.5. The molecular formula is C21H22N4OS. The van der Waals surface area contributed by atoms with Gasteiger partial charge in [0.15, 0.2) is 0 Å². The molecule has 0 saturated heterocycles. The summed E-state index contributed by atoms with van der Waals surface area (Å²) in [6, 6.07) is 10.4. The summed E-state index contributed by atoms with van der Waals surface area (Å²) in [7, 11) is 0. The molecule has 0 aliphatic heterocycles. The highest BCUT2D eigenvalue weighted by Crippen LogP contribution is 2.26. The molecule has 1 aromatic carbocycles. The van der Waals surface area contributed by atoms with Crippen LogP contribution in [0.5, 0.6) is 0 Å². The smallest absolute Gasteiger partial charge is 0.230 e. The Balaban J connectivity index is 1.56. The van der Waals surface area contributed by atoms with Crippen LogP contribution in [0.25, 0.3) is 10.9 Å². The standard InChI is InChI=1S/C21H22N4OS/c1-13-14(2)18(10-22)21(25-15(13)3)27-12-20(26)23-9-8-16-11-24-19-7-5-4-6-17(16)19/h4-7,11,24H,8-9,12H2,1-3H3,(H,23,26). The molecule has 6 heteroatoms. The quantitative estimate of drug-likeness (QED) is 0.639. The zero-order valence-electron chi connectivity index (χ0n) is 15.7. The molecule has 0 unspecified atom stereocenters. The fourth-order valence-corrected chi connectivity index (χ4v) is 3.92. The lowest BCUT2D eigenvalue weighted by Gasteiger charge is -2.11. The van der Waals surface area contributed by atoms with Crippen molar-refractivity contribution >= 4 is 28.6 Å². The molecule has 0 radical (unpaired) electrons. The Hall–Kier alpha value is -2.78. The number of H-pyrrole nitrogens is 1. The monoisotopic (exact) mass is 378 g/mol. The molecule has 2 aromatic heterocycles. The molecule has 0 spiro atoms. The third-order valence-electron chi connectivity index (χ3n) is 4.81. The average Bonchev–Trinajstić information content (AvgIpc) is 3.08. The number of rotatable bonds is 6. The van der Waals surface area contributed by atoms with Gasteiger partial charge < -0.3 is 10.3 Å². The van der Waals surface area contributed by atoms with Crippen molar-refractivity contribution in [1.82, 2.24) is 15.3 Å². The number of nitrogens with one attached hydrogen (secondary N) is 2. The van der Waals surface area contributed by atoms with Crippen LogP contribution in [0.2, 0.25) is 0 Å². The molecule has 1 amide bonds. The molecule has 3 rings (SSSR count).